The summed E-state index contributed by atoms with van der Waals surface area (Å²) in [6.07, 6.45) is 6.09. The summed E-state index contributed by atoms with van der Waals surface area (Å²) in [5.74, 6) is 0.835. The predicted octanol–water partition coefficient (Wildman–Crippen LogP) is 28.0. The molecule has 0 saturated carbocycles. The van der Waals surface area contributed by atoms with Crippen LogP contribution in [0.3, 0.4) is 0 Å². The second-order valence-corrected chi connectivity index (χ2v) is 32.3. The molecule has 1 fully saturated rings. The molecule has 2 unspecified atom stereocenters. The fourth-order valence-electron chi connectivity index (χ4n) is 18.0. The van der Waals surface area contributed by atoms with Gasteiger partial charge in [0.1, 0.15) is 46.4 Å². The molecule has 0 N–H and O–H groups in total. The lowest BCUT2D eigenvalue weighted by Gasteiger charge is -2.26. The van der Waals surface area contributed by atoms with Gasteiger partial charge in [0.15, 0.2) is 0 Å². The zero-order valence-corrected chi connectivity index (χ0v) is 67.1. The van der Waals surface area contributed by atoms with Crippen LogP contribution in [0.25, 0.3) is 175 Å². The number of hydrogen-bond acceptors (Lipinski definition) is 7. The van der Waals surface area contributed by atoms with Crippen molar-refractivity contribution in [2.45, 2.75) is 50.9 Å². The standard InChI is InChI=1S/C50H28N4O.C37H31N3O3.C19H11BrN2/c1-52-50-34(17-11-23-47(50)54-44-20-8-4-14-37(44)38-15-5-9-21-45(38)54)32-25-27-49-40(29-32)39-28-31(24-26-48(39)55-49)33-16-10-22-46(41(33)30-51)53-42-18-6-2-12-35(42)36-13-3-7-19-43(36)53;1-36(2)37(3,4)43-40(42-36)24-17-19-35-29(21-24)28-20-23(16-18-34(28)41-35)25-12-9-15-33(30(25)22-38)39-31-13-7-5-10-26(31)27-11-6-8-14-32(27)39;1-21-19-15(20)9-6-12-18(19)22-16-10-4-2-7-13(16)14-8-3-5-11-17(14)22/h2-29H;5-21,29,35H,1-4H3;2-12H. The monoisotopic (exact) mass is 1610 g/mol. The molecule has 1 saturated heterocycles. The summed E-state index contributed by atoms with van der Waals surface area (Å²) in [7, 11) is 0. The summed E-state index contributed by atoms with van der Waals surface area (Å²) in [6, 6.07) is 115. The Balaban J connectivity index is 0.000000121. The SMILES string of the molecule is CC1(C)ON(C2=CC3c4cc(-c5cccc(-n6c7ccccc7c7ccccc76)c5C#N)ccc4OC3C=C2)OC1(C)C.[C-]#[N+]c1c(-c2ccc3oc4ccc(-c5cccc(-n6c7ccccc7c7ccccc76)c5C#N)cc4c3c2)cccc1-n1c2ccccc2c2ccccc21.[C-]#[N+]c1c(Br)cccc1-n1c2ccccc2c2ccccc21. The number of nitrogens with zero attached hydrogens (tertiary/aromatic N) is 9. The number of ether oxygens (including phenoxy) is 1. The molecule has 0 amide bonds. The van der Waals surface area contributed by atoms with E-state index in [1.165, 1.54) is 26.8 Å². The number of para-hydroxylation sites is 10. The van der Waals surface area contributed by atoms with Crippen LogP contribution in [-0.2, 0) is 9.68 Å². The minimum absolute atomic E-state index is 0.0139. The maximum Gasteiger partial charge on any atom is 0.224 e. The first-order chi connectivity index (χ1) is 58.8. The normalized spacial score (nSPS) is 15.0. The molecule has 2 aliphatic heterocycles. The van der Waals surface area contributed by atoms with Gasteiger partial charge in [-0.1, -0.05) is 228 Å². The molecule has 15 aromatic carbocycles. The van der Waals surface area contributed by atoms with Crippen molar-refractivity contribution in [2.24, 2.45) is 0 Å². The minimum atomic E-state index is -0.481. The van der Waals surface area contributed by atoms with Crippen LogP contribution < -0.4 is 4.74 Å². The van der Waals surface area contributed by atoms with E-state index < -0.39 is 11.2 Å². The van der Waals surface area contributed by atoms with Crippen molar-refractivity contribution in [2.75, 3.05) is 0 Å². The molecule has 13 nitrogen and oxygen atoms in total. The molecule has 2 atom stereocenters. The molecule has 0 radical (unpaired) electrons. The number of nitriles is 2. The molecule has 1 aliphatic carbocycles. The summed E-state index contributed by atoms with van der Waals surface area (Å²) in [5, 5.41) is 34.1. The van der Waals surface area contributed by atoms with Gasteiger partial charge in [-0.25, -0.2) is 19.4 Å². The van der Waals surface area contributed by atoms with Crippen LogP contribution in [0.15, 0.2) is 354 Å². The molecular weight excluding hydrogens is 1540 g/mol. The number of fused-ring (bicyclic) bond motifs is 18. The minimum Gasteiger partial charge on any atom is -0.485 e. The van der Waals surface area contributed by atoms with Gasteiger partial charge in [-0.05, 0) is 177 Å². The number of rotatable bonds is 8. The highest BCUT2D eigenvalue weighted by atomic mass is 79.9. The number of hydroxylamine groups is 2. The van der Waals surface area contributed by atoms with Crippen molar-refractivity contribution < 1.29 is 18.8 Å². The zero-order chi connectivity index (χ0) is 81.2. The Morgan fingerprint density at radius 3 is 1.11 bits per heavy atom. The number of benzene rings is 15. The molecule has 14 heteroatoms. The van der Waals surface area contributed by atoms with Crippen LogP contribution in [0.4, 0.5) is 11.4 Å². The largest absolute Gasteiger partial charge is 0.485 e. The molecule has 3 aliphatic rings. The van der Waals surface area contributed by atoms with E-state index in [-0.39, 0.29) is 12.0 Å². The van der Waals surface area contributed by atoms with E-state index in [2.05, 4.69) is 232 Å². The molecule has 20 aromatic rings. The number of furan rings is 1. The van der Waals surface area contributed by atoms with Crippen molar-refractivity contribution in [3.05, 3.63) is 389 Å². The predicted molar refractivity (Wildman–Crippen MR) is 486 cm³/mol. The summed E-state index contributed by atoms with van der Waals surface area (Å²) >= 11 is 3.49. The van der Waals surface area contributed by atoms with Crippen molar-refractivity contribution in [1.29, 1.82) is 10.5 Å². The molecule has 7 heterocycles. The highest BCUT2D eigenvalue weighted by Crippen LogP contribution is 2.50. The Morgan fingerprint density at radius 1 is 0.367 bits per heavy atom. The Morgan fingerprint density at radius 2 is 0.708 bits per heavy atom. The van der Waals surface area contributed by atoms with Gasteiger partial charge in [0.2, 0.25) is 11.4 Å². The number of allylic oxidation sites excluding steroid dienone is 1. The van der Waals surface area contributed by atoms with Crippen molar-refractivity contribution in [3.8, 4) is 74.0 Å². The van der Waals surface area contributed by atoms with Crippen LogP contribution in [-0.4, -0.2) is 40.8 Å². The van der Waals surface area contributed by atoms with Crippen molar-refractivity contribution in [3.63, 3.8) is 0 Å². The van der Waals surface area contributed by atoms with E-state index >= 15 is 0 Å². The Kier molecular flexibility index (Phi) is 17.3. The number of aromatic nitrogens is 4. The maximum absolute atomic E-state index is 10.8. The lowest BCUT2D eigenvalue weighted by atomic mass is 9.88. The quantitative estimate of drug-likeness (QED) is 0.139. The Hall–Kier alpha value is -15.3. The molecule has 0 spiro atoms. The third-order valence-electron chi connectivity index (χ3n) is 24.3. The summed E-state index contributed by atoms with van der Waals surface area (Å²) in [4.78, 5) is 20.3. The second kappa shape index (κ2) is 28.6. The van der Waals surface area contributed by atoms with E-state index in [4.69, 9.17) is 32.0 Å². The van der Waals surface area contributed by atoms with Gasteiger partial charge in [0.25, 0.3) is 0 Å². The smallest absolute Gasteiger partial charge is 0.224 e. The van der Waals surface area contributed by atoms with Crippen LogP contribution in [0.2, 0.25) is 0 Å². The first-order valence-electron chi connectivity index (χ1n) is 39.8. The second-order valence-electron chi connectivity index (χ2n) is 31.4. The van der Waals surface area contributed by atoms with Crippen LogP contribution >= 0.6 is 15.9 Å². The Bertz CT molecular complexity index is 7510. The molecule has 5 aromatic heterocycles. The van der Waals surface area contributed by atoms with Crippen LogP contribution in [0.5, 0.6) is 5.75 Å². The average Bonchev–Trinajstić information content (AvgIpc) is 1.59. The molecular formula is C106H70BrN9O4. The number of halogens is 1. The van der Waals surface area contributed by atoms with Crippen molar-refractivity contribution >= 4 is 136 Å². The van der Waals surface area contributed by atoms with E-state index in [1.54, 1.807) is 0 Å². The Labute approximate surface area is 699 Å². The summed E-state index contributed by atoms with van der Waals surface area (Å²) < 4.78 is 22.3. The third-order valence-corrected chi connectivity index (χ3v) is 24.9. The average molecular weight is 1610 g/mol. The molecule has 120 heavy (non-hydrogen) atoms. The van der Waals surface area contributed by atoms with Gasteiger partial charge in [0, 0.05) is 80.9 Å². The van der Waals surface area contributed by atoms with E-state index in [1.807, 2.05) is 191 Å². The maximum atomic E-state index is 10.8. The fourth-order valence-corrected chi connectivity index (χ4v) is 18.4. The highest BCUT2D eigenvalue weighted by Gasteiger charge is 2.51. The first kappa shape index (κ1) is 72.4. The van der Waals surface area contributed by atoms with E-state index in [0.717, 1.165) is 165 Å². The number of hydrogen-bond donors (Lipinski definition) is 0. The fraction of sp³-hybridized carbons (Fsp3) is 0.0755. The van der Waals surface area contributed by atoms with Gasteiger partial charge < -0.3 is 27.4 Å². The van der Waals surface area contributed by atoms with Gasteiger partial charge in [0.05, 0.1) is 96.9 Å². The molecule has 23 rings (SSSR count). The van der Waals surface area contributed by atoms with E-state index in [9.17, 15) is 10.5 Å². The topological polar surface area (TPSA) is 120 Å². The third kappa shape index (κ3) is 11.5. The lowest BCUT2D eigenvalue weighted by molar-refractivity contribution is -0.300. The van der Waals surface area contributed by atoms with Crippen LogP contribution in [0, 0.1) is 35.8 Å². The molecule has 570 valence electrons. The van der Waals surface area contributed by atoms with Crippen molar-refractivity contribution in [1.82, 2.24) is 23.5 Å². The van der Waals surface area contributed by atoms with Gasteiger partial charge in [-0.2, -0.15) is 10.5 Å². The van der Waals surface area contributed by atoms with E-state index in [0.29, 0.717) is 22.5 Å². The highest BCUT2D eigenvalue weighted by molar-refractivity contribution is 9.10. The molecule has 0 bridgehead atoms. The zero-order valence-electron chi connectivity index (χ0n) is 65.5. The lowest BCUT2D eigenvalue weighted by Crippen LogP contribution is -2.41. The van der Waals surface area contributed by atoms with Crippen LogP contribution in [0.1, 0.15) is 50.3 Å². The van der Waals surface area contributed by atoms with Gasteiger partial charge >= 0.3 is 0 Å². The van der Waals surface area contributed by atoms with Gasteiger partial charge in [-0.15, -0.1) is 5.23 Å². The first-order valence-corrected chi connectivity index (χ1v) is 40.6. The summed E-state index contributed by atoms with van der Waals surface area (Å²) in [5.41, 5.74) is 22.4. The van der Waals surface area contributed by atoms with Gasteiger partial charge in [-0.3, -0.25) is 0 Å². The summed E-state index contributed by atoms with van der Waals surface area (Å²) in [6.45, 7) is 24.1.